The van der Waals surface area contributed by atoms with Gasteiger partial charge in [-0.1, -0.05) is 31.7 Å². The van der Waals surface area contributed by atoms with Crippen LogP contribution in [-0.4, -0.2) is 47.5 Å². The first-order valence-corrected chi connectivity index (χ1v) is 12.2. The molecule has 0 spiro atoms. The summed E-state index contributed by atoms with van der Waals surface area (Å²) in [6.07, 6.45) is 0. The molecule has 0 aliphatic carbocycles. The number of nitrogens with zero attached hydrogens (tertiary/aromatic N) is 3. The van der Waals surface area contributed by atoms with Crippen molar-refractivity contribution in [3.63, 3.8) is 0 Å². The molecule has 9 heteroatoms. The van der Waals surface area contributed by atoms with Gasteiger partial charge in [0.25, 0.3) is 0 Å². The van der Waals surface area contributed by atoms with E-state index in [0.717, 1.165) is 33.0 Å². The van der Waals surface area contributed by atoms with Crippen molar-refractivity contribution in [2.75, 3.05) is 19.4 Å². The Morgan fingerprint density at radius 1 is 1.20 bits per heavy atom. The van der Waals surface area contributed by atoms with Crippen LogP contribution in [0.2, 0.25) is 0 Å². The lowest BCUT2D eigenvalue weighted by molar-refractivity contribution is -0.115. The predicted octanol–water partition coefficient (Wildman–Crippen LogP) is 3.83. The third-order valence-electron chi connectivity index (χ3n) is 4.87. The molecule has 0 aliphatic rings. The van der Waals surface area contributed by atoms with Gasteiger partial charge in [-0.15, -0.1) is 0 Å². The average molecular weight is 453 g/mol. The Labute approximate surface area is 184 Å². The van der Waals surface area contributed by atoms with E-state index in [0.29, 0.717) is 11.6 Å². The quantitative estimate of drug-likeness (QED) is 0.615. The number of carbonyl (C=O) groups excluding carboxylic acids is 1. The molecule has 1 N–H and O–H groups in total. The van der Waals surface area contributed by atoms with Crippen LogP contribution in [0, 0.1) is 26.7 Å². The number of thioether (sulfide) groups is 1. The number of aromatic nitrogens is 2. The summed E-state index contributed by atoms with van der Waals surface area (Å²) in [5.41, 5.74) is 3.36. The number of amides is 1. The minimum atomic E-state index is -3.58. The van der Waals surface area contributed by atoms with E-state index in [4.69, 9.17) is 0 Å². The van der Waals surface area contributed by atoms with Gasteiger partial charge in [-0.3, -0.25) is 4.79 Å². The van der Waals surface area contributed by atoms with E-state index < -0.39 is 15.3 Å². The summed E-state index contributed by atoms with van der Waals surface area (Å²) in [6, 6.07) is 4.76. The minimum Gasteiger partial charge on any atom is -0.325 e. The van der Waals surface area contributed by atoms with E-state index in [1.54, 1.807) is 12.1 Å². The first kappa shape index (κ1) is 24.4. The molecule has 2 rings (SSSR count). The topological polar surface area (TPSA) is 84.3 Å². The molecule has 0 unspecified atom stereocenters. The molecule has 0 bridgehead atoms. The summed E-state index contributed by atoms with van der Waals surface area (Å²) in [5, 5.41) is 3.31. The van der Waals surface area contributed by atoms with Crippen LogP contribution in [0.3, 0.4) is 0 Å². The summed E-state index contributed by atoms with van der Waals surface area (Å²) in [4.78, 5) is 17.6. The van der Waals surface area contributed by atoms with Crippen molar-refractivity contribution in [2.24, 2.45) is 5.92 Å². The van der Waals surface area contributed by atoms with Crippen molar-refractivity contribution < 1.29 is 13.2 Å². The highest BCUT2D eigenvalue weighted by atomic mass is 32.2. The molecule has 0 aliphatic heterocycles. The number of rotatable bonds is 8. The number of anilines is 1. The molecular formula is C21H32N4O3S2. The number of benzene rings is 1. The van der Waals surface area contributed by atoms with E-state index in [-0.39, 0.29) is 10.8 Å². The summed E-state index contributed by atoms with van der Waals surface area (Å²) >= 11 is 1.41. The Balaban J connectivity index is 2.22. The van der Waals surface area contributed by atoms with Crippen molar-refractivity contribution in [2.45, 2.75) is 63.4 Å². The summed E-state index contributed by atoms with van der Waals surface area (Å²) < 4.78 is 28.1. The Hall–Kier alpha value is -1.84. The average Bonchev–Trinajstić information content (AvgIpc) is 2.90. The largest absolute Gasteiger partial charge is 0.325 e. The molecule has 1 atom stereocenters. The van der Waals surface area contributed by atoms with Crippen LogP contribution < -0.4 is 5.32 Å². The van der Waals surface area contributed by atoms with Crippen molar-refractivity contribution in [1.82, 2.24) is 13.9 Å². The van der Waals surface area contributed by atoms with Crippen molar-refractivity contribution in [1.29, 1.82) is 0 Å². The molecule has 1 amide bonds. The molecule has 0 saturated heterocycles. The minimum absolute atomic E-state index is 0.146. The SMILES string of the molecule is Cc1ccc(S(=O)(=O)N(C)C)cc1NC(=O)[C@@H](C)Sc1nc(C)c(C)n1CC(C)C. The third kappa shape index (κ3) is 5.44. The second kappa shape index (κ2) is 9.53. The lowest BCUT2D eigenvalue weighted by Crippen LogP contribution is -2.25. The fourth-order valence-electron chi connectivity index (χ4n) is 2.85. The van der Waals surface area contributed by atoms with Crippen LogP contribution >= 0.6 is 11.8 Å². The Morgan fingerprint density at radius 2 is 1.83 bits per heavy atom. The van der Waals surface area contributed by atoms with E-state index in [9.17, 15) is 13.2 Å². The highest BCUT2D eigenvalue weighted by Gasteiger charge is 2.22. The van der Waals surface area contributed by atoms with Gasteiger partial charge in [0.05, 0.1) is 15.8 Å². The van der Waals surface area contributed by atoms with Gasteiger partial charge >= 0.3 is 0 Å². The first-order chi connectivity index (χ1) is 13.8. The van der Waals surface area contributed by atoms with E-state index in [1.165, 1.54) is 31.9 Å². The van der Waals surface area contributed by atoms with Crippen LogP contribution in [0.25, 0.3) is 0 Å². The molecule has 0 saturated carbocycles. The third-order valence-corrected chi connectivity index (χ3v) is 7.77. The number of hydrogen-bond donors (Lipinski definition) is 1. The predicted molar refractivity (Wildman–Crippen MR) is 123 cm³/mol. The van der Waals surface area contributed by atoms with Crippen LogP contribution in [0.4, 0.5) is 5.69 Å². The van der Waals surface area contributed by atoms with Gasteiger partial charge in [0.15, 0.2) is 5.16 Å². The van der Waals surface area contributed by atoms with E-state index in [1.807, 2.05) is 27.7 Å². The zero-order chi connectivity index (χ0) is 22.8. The van der Waals surface area contributed by atoms with E-state index >= 15 is 0 Å². The number of sulfonamides is 1. The lowest BCUT2D eigenvalue weighted by atomic mass is 10.2. The fraction of sp³-hybridized carbons (Fsp3) is 0.524. The van der Waals surface area contributed by atoms with Crippen LogP contribution in [0.5, 0.6) is 0 Å². The Morgan fingerprint density at radius 3 is 2.40 bits per heavy atom. The van der Waals surface area contributed by atoms with E-state index in [2.05, 4.69) is 28.7 Å². The van der Waals surface area contributed by atoms with Gasteiger partial charge < -0.3 is 9.88 Å². The van der Waals surface area contributed by atoms with Gasteiger partial charge in [-0.2, -0.15) is 0 Å². The Bertz CT molecular complexity index is 1030. The molecule has 7 nitrogen and oxygen atoms in total. The van der Waals surface area contributed by atoms with Gasteiger partial charge in [0, 0.05) is 32.0 Å². The second-order valence-corrected chi connectivity index (χ2v) is 11.5. The summed E-state index contributed by atoms with van der Waals surface area (Å²) in [5.74, 6) is 0.265. The molecule has 1 heterocycles. The number of aryl methyl sites for hydroxylation is 2. The highest BCUT2D eigenvalue weighted by Crippen LogP contribution is 2.28. The van der Waals surface area contributed by atoms with Crippen LogP contribution in [-0.2, 0) is 21.4 Å². The second-order valence-electron chi connectivity index (χ2n) is 8.08. The molecule has 30 heavy (non-hydrogen) atoms. The molecule has 2 aromatic rings. The fourth-order valence-corrected chi connectivity index (χ4v) is 4.79. The normalized spacial score (nSPS) is 13.1. The highest BCUT2D eigenvalue weighted by molar-refractivity contribution is 8.00. The molecule has 0 radical (unpaired) electrons. The van der Waals surface area contributed by atoms with Gasteiger partial charge in [0.1, 0.15) is 0 Å². The van der Waals surface area contributed by atoms with Crippen LogP contribution in [0.15, 0.2) is 28.3 Å². The monoisotopic (exact) mass is 452 g/mol. The Kier molecular flexibility index (Phi) is 7.76. The number of imidazole rings is 1. The van der Waals surface area contributed by atoms with Gasteiger partial charge in [-0.05, 0) is 51.3 Å². The zero-order valence-corrected chi connectivity index (χ0v) is 20.6. The number of carbonyl (C=O) groups is 1. The number of nitrogens with one attached hydrogen (secondary N) is 1. The summed E-state index contributed by atoms with van der Waals surface area (Å²) in [7, 11) is -0.613. The maximum atomic E-state index is 12.9. The van der Waals surface area contributed by atoms with Gasteiger partial charge in [0.2, 0.25) is 15.9 Å². The smallest absolute Gasteiger partial charge is 0.242 e. The zero-order valence-electron chi connectivity index (χ0n) is 19.0. The van der Waals surface area contributed by atoms with Crippen molar-refractivity contribution >= 4 is 33.4 Å². The lowest BCUT2D eigenvalue weighted by Gasteiger charge is -2.17. The first-order valence-electron chi connectivity index (χ1n) is 9.89. The maximum Gasteiger partial charge on any atom is 0.242 e. The van der Waals surface area contributed by atoms with Gasteiger partial charge in [-0.25, -0.2) is 17.7 Å². The molecular weight excluding hydrogens is 420 g/mol. The van der Waals surface area contributed by atoms with Crippen molar-refractivity contribution in [3.05, 3.63) is 35.2 Å². The summed E-state index contributed by atoms with van der Waals surface area (Å²) in [6.45, 7) is 12.8. The molecule has 1 aromatic heterocycles. The van der Waals surface area contributed by atoms with Crippen molar-refractivity contribution in [3.8, 4) is 0 Å². The maximum absolute atomic E-state index is 12.9. The standard InChI is InChI=1S/C21H32N4O3S2/c1-13(2)12-25-16(5)15(4)22-21(25)29-17(6)20(26)23-19-11-18(10-9-14(19)3)30(27,28)24(7)8/h9-11,13,17H,12H2,1-8H3,(H,23,26)/t17-/m1/s1. The molecule has 166 valence electrons. The molecule has 0 fully saturated rings. The number of hydrogen-bond acceptors (Lipinski definition) is 5. The van der Waals surface area contributed by atoms with Crippen LogP contribution in [0.1, 0.15) is 37.7 Å². The molecule has 1 aromatic carbocycles.